The van der Waals surface area contributed by atoms with E-state index in [-0.39, 0.29) is 22.3 Å². The van der Waals surface area contributed by atoms with Crippen LogP contribution in [-0.4, -0.2) is 6.04 Å². The Labute approximate surface area is 88.1 Å². The van der Waals surface area contributed by atoms with Crippen molar-refractivity contribution in [3.8, 4) is 0 Å². The van der Waals surface area contributed by atoms with Gasteiger partial charge in [0, 0.05) is 11.5 Å². The maximum atomic E-state index is 12.9. The Hall–Kier alpha value is -0.600. The van der Waals surface area contributed by atoms with Gasteiger partial charge in [0.05, 0.1) is 5.02 Å². The Morgan fingerprint density at radius 1 is 1.50 bits per heavy atom. The number of halogens is 2. The lowest BCUT2D eigenvalue weighted by Gasteiger charge is -2.20. The zero-order chi connectivity index (χ0) is 10.3. The van der Waals surface area contributed by atoms with Gasteiger partial charge in [-0.05, 0) is 37.5 Å². The summed E-state index contributed by atoms with van der Waals surface area (Å²) in [6.45, 7) is 1.99. The number of hydrogen-bond acceptors (Lipinski definition) is 1. The predicted octanol–water partition coefficient (Wildman–Crippen LogP) is 2.86. The molecule has 0 bridgehead atoms. The third-order valence-electron chi connectivity index (χ3n) is 3.15. The Morgan fingerprint density at radius 3 is 2.57 bits per heavy atom. The lowest BCUT2D eigenvalue weighted by Crippen LogP contribution is -2.31. The van der Waals surface area contributed by atoms with E-state index >= 15 is 0 Å². The van der Waals surface area contributed by atoms with Crippen molar-refractivity contribution in [1.82, 2.24) is 0 Å². The van der Waals surface area contributed by atoms with Gasteiger partial charge in [-0.25, -0.2) is 4.39 Å². The highest BCUT2D eigenvalue weighted by Gasteiger charge is 2.47. The summed E-state index contributed by atoms with van der Waals surface area (Å²) in [6, 6.07) is 5.01. The zero-order valence-electron chi connectivity index (χ0n) is 8.06. The van der Waals surface area contributed by atoms with Crippen molar-refractivity contribution < 1.29 is 4.39 Å². The minimum atomic E-state index is -0.365. The maximum Gasteiger partial charge on any atom is 0.141 e. The molecule has 1 fully saturated rings. The van der Waals surface area contributed by atoms with Crippen molar-refractivity contribution in [2.75, 3.05) is 0 Å². The molecule has 0 spiro atoms. The Bertz CT molecular complexity index is 358. The molecule has 14 heavy (non-hydrogen) atoms. The van der Waals surface area contributed by atoms with E-state index in [2.05, 4.69) is 0 Å². The van der Waals surface area contributed by atoms with Crippen LogP contribution in [0.2, 0.25) is 5.02 Å². The van der Waals surface area contributed by atoms with Gasteiger partial charge in [0.25, 0.3) is 0 Å². The van der Waals surface area contributed by atoms with Crippen molar-refractivity contribution >= 4 is 11.6 Å². The van der Waals surface area contributed by atoms with E-state index in [1.165, 1.54) is 6.07 Å². The average Bonchev–Trinajstić information content (AvgIpc) is 2.90. The summed E-state index contributed by atoms with van der Waals surface area (Å²) in [5.41, 5.74) is 7.04. The molecule has 0 heterocycles. The molecule has 1 aliphatic rings. The first-order chi connectivity index (χ1) is 6.56. The van der Waals surface area contributed by atoms with Gasteiger partial charge in [0.2, 0.25) is 0 Å². The molecule has 1 aromatic rings. The summed E-state index contributed by atoms with van der Waals surface area (Å²) < 4.78 is 12.9. The van der Waals surface area contributed by atoms with Crippen LogP contribution in [0.4, 0.5) is 4.39 Å². The highest BCUT2D eigenvalue weighted by molar-refractivity contribution is 6.30. The SMILES string of the molecule is CC(N)C1(c2ccc(F)c(Cl)c2)CC1. The third-order valence-corrected chi connectivity index (χ3v) is 3.44. The zero-order valence-corrected chi connectivity index (χ0v) is 8.81. The van der Waals surface area contributed by atoms with Crippen molar-refractivity contribution in [3.05, 3.63) is 34.6 Å². The highest BCUT2D eigenvalue weighted by Crippen LogP contribution is 2.50. The van der Waals surface area contributed by atoms with Crippen LogP contribution in [0.3, 0.4) is 0 Å². The largest absolute Gasteiger partial charge is 0.327 e. The first kappa shape index (κ1) is 9.94. The molecule has 1 nitrogen and oxygen atoms in total. The second-order valence-electron chi connectivity index (χ2n) is 4.07. The average molecular weight is 214 g/mol. The van der Waals surface area contributed by atoms with Gasteiger partial charge >= 0.3 is 0 Å². The first-order valence-corrected chi connectivity index (χ1v) is 5.15. The molecule has 2 rings (SSSR count). The fourth-order valence-corrected chi connectivity index (χ4v) is 2.13. The smallest absolute Gasteiger partial charge is 0.141 e. The van der Waals surface area contributed by atoms with Crippen molar-refractivity contribution in [2.24, 2.45) is 5.73 Å². The van der Waals surface area contributed by atoms with Gasteiger partial charge < -0.3 is 5.73 Å². The van der Waals surface area contributed by atoms with Gasteiger partial charge in [0.15, 0.2) is 0 Å². The van der Waals surface area contributed by atoms with Gasteiger partial charge in [-0.3, -0.25) is 0 Å². The van der Waals surface area contributed by atoms with Crippen molar-refractivity contribution in [1.29, 1.82) is 0 Å². The summed E-state index contributed by atoms with van der Waals surface area (Å²) in [4.78, 5) is 0. The highest BCUT2D eigenvalue weighted by atomic mass is 35.5. The molecular weight excluding hydrogens is 201 g/mol. The summed E-state index contributed by atoms with van der Waals surface area (Å²) >= 11 is 5.74. The molecule has 2 N–H and O–H groups in total. The van der Waals surface area contributed by atoms with Crippen LogP contribution in [0, 0.1) is 5.82 Å². The minimum Gasteiger partial charge on any atom is -0.327 e. The molecule has 0 aromatic heterocycles. The van der Waals surface area contributed by atoms with E-state index < -0.39 is 0 Å². The molecular formula is C11H13ClFN. The predicted molar refractivity (Wildman–Crippen MR) is 56.0 cm³/mol. The summed E-state index contributed by atoms with van der Waals surface area (Å²) in [7, 11) is 0. The normalized spacial score (nSPS) is 20.6. The second kappa shape index (κ2) is 3.21. The topological polar surface area (TPSA) is 26.0 Å². The van der Waals surface area contributed by atoms with E-state index in [0.717, 1.165) is 18.4 Å². The third kappa shape index (κ3) is 1.43. The summed E-state index contributed by atoms with van der Waals surface area (Å²) in [6.07, 6.45) is 2.15. The second-order valence-corrected chi connectivity index (χ2v) is 4.48. The van der Waals surface area contributed by atoms with Crippen molar-refractivity contribution in [2.45, 2.75) is 31.2 Å². The molecule has 0 radical (unpaired) electrons. The van der Waals surface area contributed by atoms with Gasteiger partial charge in [0.1, 0.15) is 5.82 Å². The lowest BCUT2D eigenvalue weighted by molar-refractivity contribution is 0.553. The van der Waals surface area contributed by atoms with Gasteiger partial charge in [-0.15, -0.1) is 0 Å². The first-order valence-electron chi connectivity index (χ1n) is 4.77. The Morgan fingerprint density at radius 2 is 2.14 bits per heavy atom. The lowest BCUT2D eigenvalue weighted by atomic mass is 9.89. The van der Waals surface area contributed by atoms with Crippen LogP contribution in [0.25, 0.3) is 0 Å². The van der Waals surface area contributed by atoms with Gasteiger partial charge in [-0.2, -0.15) is 0 Å². The maximum absolute atomic E-state index is 12.9. The summed E-state index contributed by atoms with van der Waals surface area (Å²) in [5.74, 6) is -0.365. The van der Waals surface area contributed by atoms with Crippen LogP contribution in [-0.2, 0) is 5.41 Å². The van der Waals surface area contributed by atoms with E-state index in [1.54, 1.807) is 12.1 Å². The minimum absolute atomic E-state index is 0.0529. The molecule has 1 aliphatic carbocycles. The monoisotopic (exact) mass is 213 g/mol. The quantitative estimate of drug-likeness (QED) is 0.803. The van der Waals surface area contributed by atoms with Crippen LogP contribution >= 0.6 is 11.6 Å². The molecule has 3 heteroatoms. The standard InChI is InChI=1S/C11H13ClFN/c1-7(14)11(4-5-11)8-2-3-10(13)9(12)6-8/h2-3,6-7H,4-5,14H2,1H3. The molecule has 1 atom stereocenters. The number of nitrogens with two attached hydrogens (primary N) is 1. The molecule has 0 saturated heterocycles. The van der Waals surface area contributed by atoms with E-state index in [0.29, 0.717) is 0 Å². The van der Waals surface area contributed by atoms with E-state index in [1.807, 2.05) is 6.92 Å². The fourth-order valence-electron chi connectivity index (χ4n) is 1.95. The molecule has 1 aromatic carbocycles. The van der Waals surface area contributed by atoms with Crippen LogP contribution < -0.4 is 5.73 Å². The number of benzene rings is 1. The molecule has 0 amide bonds. The molecule has 1 saturated carbocycles. The van der Waals surface area contributed by atoms with Crippen molar-refractivity contribution in [3.63, 3.8) is 0 Å². The number of rotatable bonds is 2. The van der Waals surface area contributed by atoms with Crippen LogP contribution in [0.5, 0.6) is 0 Å². The Kier molecular flexibility index (Phi) is 2.28. The van der Waals surface area contributed by atoms with Gasteiger partial charge in [-0.1, -0.05) is 17.7 Å². The number of hydrogen-bond donors (Lipinski definition) is 1. The molecule has 1 unspecified atom stereocenters. The van der Waals surface area contributed by atoms with E-state index in [9.17, 15) is 4.39 Å². The molecule has 76 valence electrons. The van der Waals surface area contributed by atoms with E-state index in [4.69, 9.17) is 17.3 Å². The summed E-state index contributed by atoms with van der Waals surface area (Å²) in [5, 5.41) is 0.189. The van der Waals surface area contributed by atoms with Crippen LogP contribution in [0.15, 0.2) is 18.2 Å². The molecule has 0 aliphatic heterocycles. The Balaban J connectivity index is 2.38. The van der Waals surface area contributed by atoms with Crippen LogP contribution in [0.1, 0.15) is 25.3 Å². The fraction of sp³-hybridized carbons (Fsp3) is 0.455.